The number of amides is 1. The summed E-state index contributed by atoms with van der Waals surface area (Å²) in [5, 5.41) is 6.27. The Hall–Kier alpha value is -0.830. The van der Waals surface area contributed by atoms with Crippen LogP contribution in [0.4, 0.5) is 0 Å². The summed E-state index contributed by atoms with van der Waals surface area (Å²) in [5.41, 5.74) is 0. The van der Waals surface area contributed by atoms with Gasteiger partial charge in [0.2, 0.25) is 5.91 Å². The van der Waals surface area contributed by atoms with Crippen LogP contribution in [0.25, 0.3) is 0 Å². The molecule has 14 heavy (non-hydrogen) atoms. The van der Waals surface area contributed by atoms with Crippen LogP contribution >= 0.6 is 0 Å². The third kappa shape index (κ3) is 1.27. The van der Waals surface area contributed by atoms with Crippen molar-refractivity contribution >= 4 is 5.91 Å². The molecule has 2 aliphatic carbocycles. The zero-order valence-electron chi connectivity index (χ0n) is 8.20. The number of hydrogen-bond donors (Lipinski definition) is 2. The van der Waals surface area contributed by atoms with E-state index in [1.165, 1.54) is 6.42 Å². The zero-order valence-corrected chi connectivity index (χ0v) is 8.20. The fourth-order valence-electron chi connectivity index (χ4n) is 2.78. The van der Waals surface area contributed by atoms with Gasteiger partial charge in [-0.3, -0.25) is 4.79 Å². The molecule has 3 atom stereocenters. The first kappa shape index (κ1) is 8.48. The van der Waals surface area contributed by atoms with Crippen LogP contribution in [0.15, 0.2) is 12.2 Å². The van der Waals surface area contributed by atoms with E-state index in [2.05, 4.69) is 22.8 Å². The number of allylic oxidation sites excluding steroid dienone is 2. The SMILES string of the molecule is O=C(NC1CNC1)C1CC2C=CC1C2. The van der Waals surface area contributed by atoms with E-state index in [1.807, 2.05) is 0 Å². The van der Waals surface area contributed by atoms with E-state index in [0.717, 1.165) is 19.5 Å². The Kier molecular flexibility index (Phi) is 1.87. The normalized spacial score (nSPS) is 39.9. The van der Waals surface area contributed by atoms with Gasteiger partial charge in [0.25, 0.3) is 0 Å². The van der Waals surface area contributed by atoms with Crippen LogP contribution in [0, 0.1) is 17.8 Å². The number of carbonyl (C=O) groups excluding carboxylic acids is 1. The molecule has 3 aliphatic rings. The van der Waals surface area contributed by atoms with Crippen molar-refractivity contribution in [2.45, 2.75) is 18.9 Å². The highest BCUT2D eigenvalue weighted by Gasteiger charge is 2.40. The zero-order chi connectivity index (χ0) is 9.54. The van der Waals surface area contributed by atoms with Crippen molar-refractivity contribution in [3.8, 4) is 0 Å². The Morgan fingerprint density at radius 1 is 1.29 bits per heavy atom. The number of fused-ring (bicyclic) bond motifs is 2. The number of carbonyl (C=O) groups is 1. The van der Waals surface area contributed by atoms with Gasteiger partial charge in [0.15, 0.2) is 0 Å². The lowest BCUT2D eigenvalue weighted by Crippen LogP contribution is -2.58. The van der Waals surface area contributed by atoms with Gasteiger partial charge >= 0.3 is 0 Å². The molecular formula is C11H16N2O. The summed E-state index contributed by atoms with van der Waals surface area (Å²) in [5.74, 6) is 1.78. The maximum atomic E-state index is 11.9. The molecule has 2 bridgehead atoms. The van der Waals surface area contributed by atoms with E-state index >= 15 is 0 Å². The van der Waals surface area contributed by atoms with Gasteiger partial charge in [0.1, 0.15) is 0 Å². The van der Waals surface area contributed by atoms with Gasteiger partial charge in [-0.15, -0.1) is 0 Å². The van der Waals surface area contributed by atoms with Crippen molar-refractivity contribution in [1.82, 2.24) is 10.6 Å². The summed E-state index contributed by atoms with van der Waals surface area (Å²) in [6, 6.07) is 0.394. The first-order valence-corrected chi connectivity index (χ1v) is 5.52. The van der Waals surface area contributed by atoms with Gasteiger partial charge in [-0.25, -0.2) is 0 Å². The van der Waals surface area contributed by atoms with Crippen LogP contribution in [0.3, 0.4) is 0 Å². The molecule has 3 heteroatoms. The van der Waals surface area contributed by atoms with Gasteiger partial charge in [-0.1, -0.05) is 12.2 Å². The fraction of sp³-hybridized carbons (Fsp3) is 0.727. The molecule has 0 spiro atoms. The van der Waals surface area contributed by atoms with Crippen LogP contribution in [0.5, 0.6) is 0 Å². The van der Waals surface area contributed by atoms with Crippen LogP contribution in [0.1, 0.15) is 12.8 Å². The molecule has 1 aliphatic heterocycles. The first-order valence-electron chi connectivity index (χ1n) is 5.52. The Morgan fingerprint density at radius 3 is 2.64 bits per heavy atom. The van der Waals surface area contributed by atoms with E-state index in [4.69, 9.17) is 0 Å². The number of hydrogen-bond acceptors (Lipinski definition) is 2. The van der Waals surface area contributed by atoms with Crippen LogP contribution < -0.4 is 10.6 Å². The highest BCUT2D eigenvalue weighted by Crippen LogP contribution is 2.43. The predicted molar refractivity (Wildman–Crippen MR) is 53.6 cm³/mol. The van der Waals surface area contributed by atoms with Gasteiger partial charge < -0.3 is 10.6 Å². The smallest absolute Gasteiger partial charge is 0.224 e. The van der Waals surface area contributed by atoms with E-state index < -0.39 is 0 Å². The minimum Gasteiger partial charge on any atom is -0.351 e. The molecule has 0 radical (unpaired) electrons. The summed E-state index contributed by atoms with van der Waals surface area (Å²) in [4.78, 5) is 11.9. The molecule has 76 valence electrons. The van der Waals surface area contributed by atoms with Crippen molar-refractivity contribution in [2.75, 3.05) is 13.1 Å². The molecule has 1 heterocycles. The lowest BCUT2D eigenvalue weighted by atomic mass is 9.92. The molecule has 0 aromatic rings. The second-order valence-electron chi connectivity index (χ2n) is 4.75. The molecule has 3 unspecified atom stereocenters. The number of nitrogens with one attached hydrogen (secondary N) is 2. The maximum Gasteiger partial charge on any atom is 0.224 e. The van der Waals surface area contributed by atoms with Gasteiger partial charge in [0, 0.05) is 19.0 Å². The third-order valence-corrected chi connectivity index (χ3v) is 3.74. The van der Waals surface area contributed by atoms with Crippen molar-refractivity contribution < 1.29 is 4.79 Å². The molecule has 1 saturated heterocycles. The van der Waals surface area contributed by atoms with Crippen molar-refractivity contribution in [3.63, 3.8) is 0 Å². The van der Waals surface area contributed by atoms with Crippen molar-refractivity contribution in [1.29, 1.82) is 0 Å². The highest BCUT2D eigenvalue weighted by atomic mass is 16.2. The summed E-state index contributed by atoms with van der Waals surface area (Å²) in [6.45, 7) is 1.89. The highest BCUT2D eigenvalue weighted by molar-refractivity contribution is 5.80. The molecular weight excluding hydrogens is 176 g/mol. The minimum atomic E-state index is 0.269. The summed E-state index contributed by atoms with van der Waals surface area (Å²) < 4.78 is 0. The molecule has 3 nitrogen and oxygen atoms in total. The Bertz CT molecular complexity index is 283. The first-order chi connectivity index (χ1) is 6.83. The quantitative estimate of drug-likeness (QED) is 0.617. The lowest BCUT2D eigenvalue weighted by molar-refractivity contribution is -0.126. The van der Waals surface area contributed by atoms with Crippen molar-refractivity contribution in [2.24, 2.45) is 17.8 Å². The van der Waals surface area contributed by atoms with Crippen LogP contribution in [-0.4, -0.2) is 25.0 Å². The van der Waals surface area contributed by atoms with E-state index in [-0.39, 0.29) is 11.8 Å². The molecule has 2 fully saturated rings. The molecule has 2 N–H and O–H groups in total. The summed E-state index contributed by atoms with van der Waals surface area (Å²) in [6.07, 6.45) is 6.80. The van der Waals surface area contributed by atoms with Crippen LogP contribution in [-0.2, 0) is 4.79 Å². The average Bonchev–Trinajstić information content (AvgIpc) is 2.71. The van der Waals surface area contributed by atoms with Crippen molar-refractivity contribution in [3.05, 3.63) is 12.2 Å². The second-order valence-corrected chi connectivity index (χ2v) is 4.75. The van der Waals surface area contributed by atoms with Gasteiger partial charge in [-0.2, -0.15) is 0 Å². The lowest BCUT2D eigenvalue weighted by Gasteiger charge is -2.30. The van der Waals surface area contributed by atoms with E-state index in [9.17, 15) is 4.79 Å². The minimum absolute atomic E-state index is 0.269. The Balaban J connectivity index is 1.60. The molecule has 1 amide bonds. The standard InChI is InChI=1S/C11H16N2O/c14-11(13-9-5-12-6-9)10-4-7-1-2-8(10)3-7/h1-2,7-10,12H,3-6H2,(H,13,14). The molecule has 0 aromatic carbocycles. The average molecular weight is 192 g/mol. The largest absolute Gasteiger partial charge is 0.351 e. The second kappa shape index (κ2) is 3.09. The maximum absolute atomic E-state index is 11.9. The van der Waals surface area contributed by atoms with Gasteiger partial charge in [0.05, 0.1) is 6.04 Å². The van der Waals surface area contributed by atoms with Crippen LogP contribution in [0.2, 0.25) is 0 Å². The topological polar surface area (TPSA) is 41.1 Å². The Labute approximate surface area is 83.9 Å². The molecule has 3 rings (SSSR count). The monoisotopic (exact) mass is 192 g/mol. The number of rotatable bonds is 2. The summed E-state index contributed by atoms with van der Waals surface area (Å²) >= 11 is 0. The van der Waals surface area contributed by atoms with E-state index in [0.29, 0.717) is 17.9 Å². The van der Waals surface area contributed by atoms with E-state index in [1.54, 1.807) is 0 Å². The third-order valence-electron chi connectivity index (χ3n) is 3.74. The van der Waals surface area contributed by atoms with Gasteiger partial charge in [-0.05, 0) is 24.7 Å². The fourth-order valence-corrected chi connectivity index (χ4v) is 2.78. The molecule has 0 aromatic heterocycles. The predicted octanol–water partition coefficient (Wildman–Crippen LogP) is 0.287. The Morgan fingerprint density at radius 2 is 2.14 bits per heavy atom. The molecule has 1 saturated carbocycles. The summed E-state index contributed by atoms with van der Waals surface area (Å²) in [7, 11) is 0.